The summed E-state index contributed by atoms with van der Waals surface area (Å²) in [6.45, 7) is 14.2. The summed E-state index contributed by atoms with van der Waals surface area (Å²) in [6.07, 6.45) is 0. The van der Waals surface area contributed by atoms with Crippen molar-refractivity contribution in [1.82, 2.24) is 0 Å². The molecule has 222 valence electrons. The van der Waals surface area contributed by atoms with Gasteiger partial charge in [0.25, 0.3) is 0 Å². The van der Waals surface area contributed by atoms with Crippen LogP contribution in [0, 0.1) is 5.82 Å². The maximum atomic E-state index is 13.8. The molecule has 0 fully saturated rings. The van der Waals surface area contributed by atoms with Crippen LogP contribution < -0.4 is 22.1 Å². The summed E-state index contributed by atoms with van der Waals surface area (Å²) < 4.78 is 29.1. The molecule has 3 aliphatic rings. The van der Waals surface area contributed by atoms with E-state index in [1.165, 1.54) is 11.1 Å². The molecule has 0 saturated heterocycles. The smallest absolute Gasteiger partial charge is 0.423 e. The van der Waals surface area contributed by atoms with E-state index in [0.717, 1.165) is 33.2 Å². The third-order valence-corrected chi connectivity index (χ3v) is 8.00. The standard InChI is InChI=1S/C11H16BNO2.C10H12BFO2.C10H13BO2/c1-7(2)8-3-9(5-13)10-6-15-12(14)11(10)4-8;1-6(2)8-4-3-7-5-14-11(13)9(7)10(8)12;1-7(2)8-3-4-9-6-13-11(12)10(9)5-8/h3-4,7,14H,5-6,13H2,1-2H3;3-4,6,13H,5H2,1-2H3;3-5,7,12H,6H2,1-2H3. The Morgan fingerprint density at radius 2 is 1.29 bits per heavy atom. The molecule has 0 aromatic heterocycles. The second-order valence-corrected chi connectivity index (χ2v) is 11.9. The summed E-state index contributed by atoms with van der Waals surface area (Å²) in [7, 11) is -2.58. The van der Waals surface area contributed by atoms with Crippen LogP contribution in [0.5, 0.6) is 0 Å². The third kappa shape index (κ3) is 7.00. The van der Waals surface area contributed by atoms with Crippen molar-refractivity contribution >= 4 is 37.7 Å². The molecule has 3 heterocycles. The largest absolute Gasteiger partial charge is 0.494 e. The summed E-state index contributed by atoms with van der Waals surface area (Å²) in [5.74, 6) is 0.738. The molecule has 3 aliphatic heterocycles. The molecule has 0 spiro atoms. The van der Waals surface area contributed by atoms with E-state index in [0.29, 0.717) is 49.2 Å². The molecule has 0 saturated carbocycles. The van der Waals surface area contributed by atoms with Crippen molar-refractivity contribution in [1.29, 1.82) is 0 Å². The number of nitrogens with two attached hydrogens (primary N) is 1. The number of benzene rings is 3. The Labute approximate surface area is 249 Å². The van der Waals surface area contributed by atoms with Gasteiger partial charge in [-0.25, -0.2) is 4.39 Å². The van der Waals surface area contributed by atoms with Crippen LogP contribution >= 0.6 is 0 Å². The molecule has 3 aromatic rings. The number of hydrogen-bond acceptors (Lipinski definition) is 7. The molecule has 11 heteroatoms. The Kier molecular flexibility index (Phi) is 10.7. The third-order valence-electron chi connectivity index (χ3n) is 8.00. The molecule has 0 atom stereocenters. The van der Waals surface area contributed by atoms with Crippen LogP contribution in [0.3, 0.4) is 0 Å². The average molecular weight is 575 g/mol. The minimum Gasteiger partial charge on any atom is -0.423 e. The molecule has 3 aromatic carbocycles. The molecule has 0 bridgehead atoms. The number of halogens is 1. The van der Waals surface area contributed by atoms with Gasteiger partial charge in [-0.3, -0.25) is 0 Å². The van der Waals surface area contributed by atoms with Crippen LogP contribution in [0.1, 0.15) is 98.2 Å². The van der Waals surface area contributed by atoms with Gasteiger partial charge in [0, 0.05) is 12.0 Å². The van der Waals surface area contributed by atoms with Crippen molar-refractivity contribution in [2.24, 2.45) is 5.73 Å². The second-order valence-electron chi connectivity index (χ2n) is 11.9. The van der Waals surface area contributed by atoms with E-state index in [2.05, 4.69) is 39.8 Å². The van der Waals surface area contributed by atoms with Crippen molar-refractivity contribution in [3.8, 4) is 0 Å². The van der Waals surface area contributed by atoms with E-state index in [4.69, 9.17) is 19.7 Å². The Morgan fingerprint density at radius 1 is 0.714 bits per heavy atom. The molecule has 0 aliphatic carbocycles. The van der Waals surface area contributed by atoms with Gasteiger partial charge >= 0.3 is 21.4 Å². The summed E-state index contributed by atoms with van der Waals surface area (Å²) in [4.78, 5) is 0. The lowest BCUT2D eigenvalue weighted by Crippen LogP contribution is -2.32. The van der Waals surface area contributed by atoms with Gasteiger partial charge in [-0.2, -0.15) is 0 Å². The Balaban J connectivity index is 0.000000145. The minimum absolute atomic E-state index is 0.119. The lowest BCUT2D eigenvalue weighted by Gasteiger charge is -2.12. The van der Waals surface area contributed by atoms with Crippen LogP contribution in [-0.4, -0.2) is 36.4 Å². The van der Waals surface area contributed by atoms with Gasteiger partial charge in [-0.15, -0.1) is 0 Å². The van der Waals surface area contributed by atoms with Crippen LogP contribution in [0.25, 0.3) is 0 Å². The highest BCUT2D eigenvalue weighted by atomic mass is 19.1. The number of fused-ring (bicyclic) bond motifs is 3. The molecule has 7 nitrogen and oxygen atoms in total. The lowest BCUT2D eigenvalue weighted by atomic mass is 9.76. The number of hydrogen-bond donors (Lipinski definition) is 4. The summed E-state index contributed by atoms with van der Waals surface area (Å²) in [5.41, 5.74) is 14.9. The van der Waals surface area contributed by atoms with Gasteiger partial charge in [0.1, 0.15) is 5.82 Å². The van der Waals surface area contributed by atoms with Gasteiger partial charge < -0.3 is 34.8 Å². The van der Waals surface area contributed by atoms with Crippen molar-refractivity contribution in [3.63, 3.8) is 0 Å². The Bertz CT molecular complexity index is 1400. The first-order valence-electron chi connectivity index (χ1n) is 14.6. The highest BCUT2D eigenvalue weighted by Gasteiger charge is 2.32. The van der Waals surface area contributed by atoms with Crippen LogP contribution in [0.4, 0.5) is 4.39 Å². The topological polar surface area (TPSA) is 114 Å². The normalized spacial score (nSPS) is 15.0. The van der Waals surface area contributed by atoms with Crippen molar-refractivity contribution in [2.45, 2.75) is 85.7 Å². The maximum absolute atomic E-state index is 13.8. The highest BCUT2D eigenvalue weighted by molar-refractivity contribution is 6.62. The molecule has 5 N–H and O–H groups in total. The first kappa shape index (κ1) is 32.4. The molecule has 6 rings (SSSR count). The van der Waals surface area contributed by atoms with Gasteiger partial charge in [-0.05, 0) is 67.6 Å². The van der Waals surface area contributed by atoms with E-state index in [9.17, 15) is 19.5 Å². The zero-order valence-electron chi connectivity index (χ0n) is 25.4. The predicted molar refractivity (Wildman–Crippen MR) is 167 cm³/mol. The molecule has 0 radical (unpaired) electrons. The molecular weight excluding hydrogens is 534 g/mol. The van der Waals surface area contributed by atoms with E-state index in [1.807, 2.05) is 38.1 Å². The van der Waals surface area contributed by atoms with Gasteiger partial charge in [0.2, 0.25) is 0 Å². The monoisotopic (exact) mass is 575 g/mol. The minimum atomic E-state index is -1.09. The Hall–Kier alpha value is -2.50. The fourth-order valence-electron chi connectivity index (χ4n) is 5.28. The first-order valence-corrected chi connectivity index (χ1v) is 14.6. The van der Waals surface area contributed by atoms with Crippen LogP contribution in [0.15, 0.2) is 42.5 Å². The van der Waals surface area contributed by atoms with Crippen molar-refractivity contribution in [3.05, 3.63) is 87.2 Å². The quantitative estimate of drug-likeness (QED) is 0.354. The molecule has 0 amide bonds. The van der Waals surface area contributed by atoms with Gasteiger partial charge in [0.15, 0.2) is 0 Å². The SMILES string of the molecule is CC(C)c1cc(CN)c2c(c1)B(O)OC2.CC(C)c1ccc2c(c1)B(O)OC2.CC(C)c1ccc2c(c1F)B(O)OC2. The van der Waals surface area contributed by atoms with Crippen molar-refractivity contribution < 1.29 is 33.4 Å². The summed E-state index contributed by atoms with van der Waals surface area (Å²) in [5, 5.41) is 28.5. The van der Waals surface area contributed by atoms with Crippen LogP contribution in [-0.2, 0) is 40.3 Å². The van der Waals surface area contributed by atoms with E-state index < -0.39 is 21.4 Å². The summed E-state index contributed by atoms with van der Waals surface area (Å²) >= 11 is 0. The highest BCUT2D eigenvalue weighted by Crippen LogP contribution is 2.23. The molecule has 42 heavy (non-hydrogen) atoms. The Morgan fingerprint density at radius 3 is 1.93 bits per heavy atom. The maximum Gasteiger partial charge on any atom is 0.494 e. The van der Waals surface area contributed by atoms with E-state index in [1.54, 1.807) is 6.07 Å². The number of rotatable bonds is 4. The zero-order valence-corrected chi connectivity index (χ0v) is 25.4. The van der Waals surface area contributed by atoms with Crippen molar-refractivity contribution in [2.75, 3.05) is 0 Å². The van der Waals surface area contributed by atoms with Gasteiger partial charge in [0.05, 0.1) is 19.8 Å². The second kappa shape index (κ2) is 13.9. The molecular formula is C31H41B3FNO6. The van der Waals surface area contributed by atoms with E-state index in [-0.39, 0.29) is 11.7 Å². The molecule has 0 unspecified atom stereocenters. The average Bonchev–Trinajstić information content (AvgIpc) is 3.65. The fourth-order valence-corrected chi connectivity index (χ4v) is 5.28. The first-order chi connectivity index (χ1) is 19.9. The lowest BCUT2D eigenvalue weighted by molar-refractivity contribution is 0.274. The van der Waals surface area contributed by atoms with Gasteiger partial charge in [-0.1, -0.05) is 84.0 Å². The van der Waals surface area contributed by atoms with Crippen LogP contribution in [0.2, 0.25) is 0 Å². The summed E-state index contributed by atoms with van der Waals surface area (Å²) in [6, 6.07) is 13.9. The predicted octanol–water partition coefficient (Wildman–Crippen LogP) is 2.68. The van der Waals surface area contributed by atoms with E-state index >= 15 is 0 Å². The fraction of sp³-hybridized carbons (Fsp3) is 0.419. The zero-order chi connectivity index (χ0) is 30.7.